The van der Waals surface area contributed by atoms with Gasteiger partial charge >= 0.3 is 0 Å². The molecule has 0 aromatic heterocycles. The molecule has 0 heterocycles. The van der Waals surface area contributed by atoms with Crippen LogP contribution >= 0.6 is 0 Å². The Morgan fingerprint density at radius 1 is 1.11 bits per heavy atom. The van der Waals surface area contributed by atoms with Crippen LogP contribution in [0.1, 0.15) is 23.6 Å². The monoisotopic (exact) mass is 254 g/mol. The highest BCUT2D eigenvalue weighted by Crippen LogP contribution is 2.15. The van der Waals surface area contributed by atoms with Gasteiger partial charge in [0.2, 0.25) is 0 Å². The van der Waals surface area contributed by atoms with Gasteiger partial charge in [-0.3, -0.25) is 5.41 Å². The SMILES string of the molecule is CCc1ccc(OCc2cccc(C(=N)N)c2)cc1. The maximum absolute atomic E-state index is 7.41. The largest absolute Gasteiger partial charge is 0.489 e. The number of benzene rings is 2. The molecular weight excluding hydrogens is 236 g/mol. The van der Waals surface area contributed by atoms with Gasteiger partial charge in [-0.15, -0.1) is 0 Å². The minimum absolute atomic E-state index is 0.0779. The lowest BCUT2D eigenvalue weighted by atomic mass is 10.1. The highest BCUT2D eigenvalue weighted by molar-refractivity contribution is 5.95. The molecule has 0 amide bonds. The van der Waals surface area contributed by atoms with Crippen LogP contribution in [0.4, 0.5) is 0 Å². The van der Waals surface area contributed by atoms with E-state index in [9.17, 15) is 0 Å². The first-order valence-corrected chi connectivity index (χ1v) is 6.34. The van der Waals surface area contributed by atoms with Crippen molar-refractivity contribution < 1.29 is 4.74 Å². The van der Waals surface area contributed by atoms with Crippen LogP contribution in [0.15, 0.2) is 48.5 Å². The second-order valence-electron chi connectivity index (χ2n) is 4.40. The van der Waals surface area contributed by atoms with Crippen molar-refractivity contribution in [2.75, 3.05) is 0 Å². The van der Waals surface area contributed by atoms with Crippen LogP contribution in [0, 0.1) is 5.41 Å². The maximum atomic E-state index is 7.41. The van der Waals surface area contributed by atoms with E-state index in [0.29, 0.717) is 6.61 Å². The molecule has 3 nitrogen and oxygen atoms in total. The van der Waals surface area contributed by atoms with Crippen molar-refractivity contribution in [1.82, 2.24) is 0 Å². The van der Waals surface area contributed by atoms with Crippen molar-refractivity contribution in [2.24, 2.45) is 5.73 Å². The average molecular weight is 254 g/mol. The lowest BCUT2D eigenvalue weighted by molar-refractivity contribution is 0.306. The zero-order valence-electron chi connectivity index (χ0n) is 11.0. The third-order valence-corrected chi connectivity index (χ3v) is 2.98. The summed E-state index contributed by atoms with van der Waals surface area (Å²) in [6.07, 6.45) is 1.03. The molecule has 0 unspecified atom stereocenters. The molecule has 2 aromatic rings. The Hall–Kier alpha value is -2.29. The zero-order chi connectivity index (χ0) is 13.7. The molecule has 3 heteroatoms. The molecule has 0 aliphatic carbocycles. The molecule has 0 aliphatic rings. The van der Waals surface area contributed by atoms with E-state index in [-0.39, 0.29) is 5.84 Å². The maximum Gasteiger partial charge on any atom is 0.122 e. The predicted molar refractivity (Wildman–Crippen MR) is 77.6 cm³/mol. The van der Waals surface area contributed by atoms with E-state index >= 15 is 0 Å². The molecule has 0 bridgehead atoms. The Morgan fingerprint density at radius 3 is 2.47 bits per heavy atom. The Bertz CT molecular complexity index is 561. The molecule has 2 rings (SSSR count). The van der Waals surface area contributed by atoms with E-state index in [1.54, 1.807) is 0 Å². The van der Waals surface area contributed by atoms with Gasteiger partial charge in [-0.05, 0) is 35.7 Å². The van der Waals surface area contributed by atoms with Crippen LogP contribution in [0.25, 0.3) is 0 Å². The Labute approximate surface area is 113 Å². The van der Waals surface area contributed by atoms with Crippen LogP contribution < -0.4 is 10.5 Å². The lowest BCUT2D eigenvalue weighted by Gasteiger charge is -2.08. The molecule has 3 N–H and O–H groups in total. The number of hydrogen-bond donors (Lipinski definition) is 2. The molecular formula is C16H18N2O. The minimum Gasteiger partial charge on any atom is -0.489 e. The second-order valence-corrected chi connectivity index (χ2v) is 4.40. The third kappa shape index (κ3) is 3.58. The molecule has 0 saturated carbocycles. The van der Waals surface area contributed by atoms with E-state index in [4.69, 9.17) is 15.9 Å². The van der Waals surface area contributed by atoms with E-state index in [2.05, 4.69) is 19.1 Å². The van der Waals surface area contributed by atoms with Crippen molar-refractivity contribution in [3.05, 3.63) is 65.2 Å². The van der Waals surface area contributed by atoms with Gasteiger partial charge in [0.05, 0.1) is 0 Å². The smallest absolute Gasteiger partial charge is 0.122 e. The van der Waals surface area contributed by atoms with Gasteiger partial charge in [0.1, 0.15) is 18.2 Å². The first-order valence-electron chi connectivity index (χ1n) is 6.34. The van der Waals surface area contributed by atoms with Crippen LogP contribution in [-0.4, -0.2) is 5.84 Å². The number of aryl methyl sites for hydroxylation is 1. The van der Waals surface area contributed by atoms with Crippen molar-refractivity contribution >= 4 is 5.84 Å². The fourth-order valence-electron chi connectivity index (χ4n) is 1.82. The van der Waals surface area contributed by atoms with Gasteiger partial charge in [0.15, 0.2) is 0 Å². The lowest BCUT2D eigenvalue weighted by Crippen LogP contribution is -2.11. The summed E-state index contributed by atoms with van der Waals surface area (Å²) < 4.78 is 5.71. The van der Waals surface area contributed by atoms with E-state index in [1.807, 2.05) is 36.4 Å². The summed E-state index contributed by atoms with van der Waals surface area (Å²) in [5, 5.41) is 7.41. The molecule has 0 spiro atoms. The third-order valence-electron chi connectivity index (χ3n) is 2.98. The van der Waals surface area contributed by atoms with Gasteiger partial charge in [-0.2, -0.15) is 0 Å². The fourth-order valence-corrected chi connectivity index (χ4v) is 1.82. The highest BCUT2D eigenvalue weighted by atomic mass is 16.5. The normalized spacial score (nSPS) is 10.2. The van der Waals surface area contributed by atoms with Gasteiger partial charge in [-0.1, -0.05) is 37.3 Å². The molecule has 0 aliphatic heterocycles. The van der Waals surface area contributed by atoms with Crippen molar-refractivity contribution in [2.45, 2.75) is 20.0 Å². The molecule has 0 atom stereocenters. The van der Waals surface area contributed by atoms with Crippen LogP contribution in [0.2, 0.25) is 0 Å². The van der Waals surface area contributed by atoms with Gasteiger partial charge in [0, 0.05) is 5.56 Å². The first-order chi connectivity index (χ1) is 9.19. The van der Waals surface area contributed by atoms with Gasteiger partial charge in [-0.25, -0.2) is 0 Å². The number of nitrogens with two attached hydrogens (primary N) is 1. The molecule has 0 radical (unpaired) electrons. The number of amidine groups is 1. The Morgan fingerprint density at radius 2 is 1.84 bits per heavy atom. The number of nitrogens with one attached hydrogen (secondary N) is 1. The summed E-state index contributed by atoms with van der Waals surface area (Å²) in [5.41, 5.74) is 8.49. The summed E-state index contributed by atoms with van der Waals surface area (Å²) in [6, 6.07) is 15.6. The predicted octanol–water partition coefficient (Wildman–Crippen LogP) is 3.11. The van der Waals surface area contributed by atoms with Gasteiger partial charge < -0.3 is 10.5 Å². The van der Waals surface area contributed by atoms with Crippen molar-refractivity contribution in [3.8, 4) is 5.75 Å². The van der Waals surface area contributed by atoms with E-state index in [0.717, 1.165) is 23.3 Å². The average Bonchev–Trinajstić information content (AvgIpc) is 2.46. The van der Waals surface area contributed by atoms with Crippen LogP contribution in [0.3, 0.4) is 0 Å². The minimum atomic E-state index is 0.0779. The number of rotatable bonds is 5. The van der Waals surface area contributed by atoms with E-state index in [1.165, 1.54) is 5.56 Å². The summed E-state index contributed by atoms with van der Waals surface area (Å²) in [7, 11) is 0. The zero-order valence-corrected chi connectivity index (χ0v) is 11.0. The van der Waals surface area contributed by atoms with E-state index < -0.39 is 0 Å². The van der Waals surface area contributed by atoms with Gasteiger partial charge in [0.25, 0.3) is 0 Å². The quantitative estimate of drug-likeness (QED) is 0.636. The number of hydrogen-bond acceptors (Lipinski definition) is 2. The summed E-state index contributed by atoms with van der Waals surface area (Å²) in [4.78, 5) is 0. The number of nitrogen functional groups attached to an aromatic ring is 1. The van der Waals surface area contributed by atoms with Crippen LogP contribution in [-0.2, 0) is 13.0 Å². The topological polar surface area (TPSA) is 59.1 Å². The summed E-state index contributed by atoms with van der Waals surface area (Å²) in [5.74, 6) is 0.930. The highest BCUT2D eigenvalue weighted by Gasteiger charge is 2.00. The van der Waals surface area contributed by atoms with Crippen molar-refractivity contribution in [1.29, 1.82) is 5.41 Å². The molecule has 19 heavy (non-hydrogen) atoms. The van der Waals surface area contributed by atoms with Crippen molar-refractivity contribution in [3.63, 3.8) is 0 Å². The summed E-state index contributed by atoms with van der Waals surface area (Å²) >= 11 is 0. The molecule has 0 fully saturated rings. The fraction of sp³-hybridized carbons (Fsp3) is 0.188. The number of ether oxygens (including phenoxy) is 1. The molecule has 2 aromatic carbocycles. The summed E-state index contributed by atoms with van der Waals surface area (Å²) in [6.45, 7) is 2.61. The Balaban J connectivity index is 2.01. The standard InChI is InChI=1S/C16H18N2O/c1-2-12-6-8-15(9-7-12)19-11-13-4-3-5-14(10-13)16(17)18/h3-10H,2,11H2,1H3,(H3,17,18). The molecule has 0 saturated heterocycles. The molecule has 98 valence electrons. The first kappa shape index (κ1) is 13.1. The second kappa shape index (κ2) is 6.05. The Kier molecular flexibility index (Phi) is 4.18. The van der Waals surface area contributed by atoms with Crippen LogP contribution in [0.5, 0.6) is 5.75 Å².